The van der Waals surface area contributed by atoms with E-state index in [1.807, 2.05) is 0 Å². The molecule has 2 aromatic heterocycles. The summed E-state index contributed by atoms with van der Waals surface area (Å²) in [4.78, 5) is 18.8. The molecule has 0 aromatic carbocycles. The van der Waals surface area contributed by atoms with Crippen LogP contribution in [0.1, 0.15) is 29.8 Å². The highest BCUT2D eigenvalue weighted by Crippen LogP contribution is 2.23. The molecule has 0 saturated carbocycles. The number of nitrogens with two attached hydrogens (primary N) is 1. The first-order valence-corrected chi connectivity index (χ1v) is 9.51. The van der Waals surface area contributed by atoms with Crippen molar-refractivity contribution >= 4 is 21.3 Å². The van der Waals surface area contributed by atoms with Crippen LogP contribution in [0.25, 0.3) is 5.52 Å². The van der Waals surface area contributed by atoms with Crippen LogP contribution in [0.3, 0.4) is 0 Å². The molecule has 1 unspecified atom stereocenters. The van der Waals surface area contributed by atoms with E-state index in [-0.39, 0.29) is 22.8 Å². The summed E-state index contributed by atoms with van der Waals surface area (Å²) in [5.74, 6) is -0.251. The number of rotatable bonds is 3. The largest absolute Gasteiger partial charge is 0.333 e. The summed E-state index contributed by atoms with van der Waals surface area (Å²) in [6.45, 7) is 1.03. The summed E-state index contributed by atoms with van der Waals surface area (Å²) in [5.41, 5.74) is 6.45. The summed E-state index contributed by atoms with van der Waals surface area (Å²) in [6.07, 6.45) is 5.53. The van der Waals surface area contributed by atoms with Gasteiger partial charge in [0.25, 0.3) is 5.91 Å². The minimum absolute atomic E-state index is 0.0154. The van der Waals surface area contributed by atoms with Gasteiger partial charge in [-0.15, -0.1) is 0 Å². The third-order valence-electron chi connectivity index (χ3n) is 4.21. The lowest BCUT2D eigenvalue weighted by Gasteiger charge is -2.34. The number of hydrogen-bond donors (Lipinski definition) is 1. The zero-order valence-electron chi connectivity index (χ0n) is 13.0. The second-order valence-electron chi connectivity index (χ2n) is 5.85. The Kier molecular flexibility index (Phi) is 4.11. The Morgan fingerprint density at radius 3 is 2.87 bits per heavy atom. The number of sulfone groups is 1. The van der Waals surface area contributed by atoms with Crippen molar-refractivity contribution in [2.24, 2.45) is 5.73 Å². The predicted molar refractivity (Wildman–Crippen MR) is 86.0 cm³/mol. The molecule has 1 saturated heterocycles. The number of aromatic nitrogens is 2. The quantitative estimate of drug-likeness (QED) is 0.889. The van der Waals surface area contributed by atoms with E-state index in [1.54, 1.807) is 29.3 Å². The number of amides is 1. The molecule has 3 heterocycles. The minimum atomic E-state index is -3.54. The maximum atomic E-state index is 12.9. The Hall–Kier alpha value is -1.93. The molecular formula is C15H20N4O3S. The number of carbonyl (C=O) groups is 1. The van der Waals surface area contributed by atoms with Crippen LogP contribution in [0.2, 0.25) is 0 Å². The summed E-state index contributed by atoms with van der Waals surface area (Å²) in [7, 11) is -3.54. The van der Waals surface area contributed by atoms with Crippen molar-refractivity contribution in [3.8, 4) is 0 Å². The van der Waals surface area contributed by atoms with Gasteiger partial charge >= 0.3 is 0 Å². The van der Waals surface area contributed by atoms with Gasteiger partial charge in [-0.25, -0.2) is 13.4 Å². The fraction of sp³-hybridized carbons (Fsp3) is 0.467. The van der Waals surface area contributed by atoms with E-state index >= 15 is 0 Å². The van der Waals surface area contributed by atoms with Crippen LogP contribution in [0.5, 0.6) is 0 Å². The second-order valence-corrected chi connectivity index (χ2v) is 7.76. The molecule has 2 aromatic rings. The first-order chi connectivity index (χ1) is 10.9. The Morgan fingerprint density at radius 1 is 1.39 bits per heavy atom. The van der Waals surface area contributed by atoms with E-state index in [0.29, 0.717) is 18.6 Å². The number of hydrogen-bond acceptors (Lipinski definition) is 5. The van der Waals surface area contributed by atoms with Gasteiger partial charge in [0.1, 0.15) is 0 Å². The summed E-state index contributed by atoms with van der Waals surface area (Å²) < 4.78 is 25.4. The van der Waals surface area contributed by atoms with Gasteiger partial charge in [0.15, 0.2) is 5.69 Å². The molecule has 1 atom stereocenters. The highest BCUT2D eigenvalue weighted by molar-refractivity contribution is 7.90. The van der Waals surface area contributed by atoms with E-state index in [4.69, 9.17) is 5.73 Å². The summed E-state index contributed by atoms with van der Waals surface area (Å²) in [5, 5.41) is -0.113. The number of pyridine rings is 1. The molecule has 1 fully saturated rings. The Bertz CT molecular complexity index is 844. The van der Waals surface area contributed by atoms with Crippen molar-refractivity contribution in [3.63, 3.8) is 0 Å². The van der Waals surface area contributed by atoms with Gasteiger partial charge in [0.2, 0.25) is 15.0 Å². The van der Waals surface area contributed by atoms with E-state index in [2.05, 4.69) is 4.98 Å². The fourth-order valence-corrected chi connectivity index (χ4v) is 3.85. The standard InChI is InChI=1S/C15H20N4O3S/c1-23(21,22)15-17-13(12-7-3-5-9-19(12)15)14(20)18-8-4-2-6-11(18)10-16/h3,5,7,9,11H,2,4,6,8,10,16H2,1H3. The van der Waals surface area contributed by atoms with Crippen molar-refractivity contribution in [1.29, 1.82) is 0 Å². The SMILES string of the molecule is CS(=O)(=O)c1nc(C(=O)N2CCCCC2CN)c2ccccn12. The fourth-order valence-electron chi connectivity index (χ4n) is 3.08. The van der Waals surface area contributed by atoms with Crippen molar-refractivity contribution in [2.45, 2.75) is 30.5 Å². The predicted octanol–water partition coefficient (Wildman–Crippen LogP) is 0.691. The number of piperidine rings is 1. The van der Waals surface area contributed by atoms with E-state index in [9.17, 15) is 13.2 Å². The van der Waals surface area contributed by atoms with E-state index < -0.39 is 9.84 Å². The molecular weight excluding hydrogens is 316 g/mol. The van der Waals surface area contributed by atoms with Gasteiger partial charge in [0, 0.05) is 31.6 Å². The number of fused-ring (bicyclic) bond motifs is 1. The first kappa shape index (κ1) is 15.9. The topological polar surface area (TPSA) is 97.8 Å². The number of carbonyl (C=O) groups excluding carboxylic acids is 1. The summed E-state index contributed by atoms with van der Waals surface area (Å²) >= 11 is 0. The molecule has 1 aliphatic rings. The van der Waals surface area contributed by atoms with E-state index in [1.165, 1.54) is 4.40 Å². The maximum Gasteiger partial charge on any atom is 0.275 e. The van der Waals surface area contributed by atoms with Crippen molar-refractivity contribution in [1.82, 2.24) is 14.3 Å². The number of likely N-dealkylation sites (tertiary alicyclic amines) is 1. The lowest BCUT2D eigenvalue weighted by atomic mass is 10.0. The number of nitrogens with zero attached hydrogens (tertiary/aromatic N) is 3. The Morgan fingerprint density at radius 2 is 2.17 bits per heavy atom. The number of imidazole rings is 1. The van der Waals surface area contributed by atoms with Crippen LogP contribution in [-0.2, 0) is 9.84 Å². The van der Waals surface area contributed by atoms with Gasteiger partial charge in [-0.2, -0.15) is 0 Å². The van der Waals surface area contributed by atoms with Crippen LogP contribution in [0, 0.1) is 0 Å². The Balaban J connectivity index is 2.11. The first-order valence-electron chi connectivity index (χ1n) is 7.61. The molecule has 0 bridgehead atoms. The highest BCUT2D eigenvalue weighted by Gasteiger charge is 2.30. The van der Waals surface area contributed by atoms with Gasteiger partial charge in [-0.3, -0.25) is 9.20 Å². The molecule has 0 radical (unpaired) electrons. The lowest BCUT2D eigenvalue weighted by Crippen LogP contribution is -2.47. The normalized spacial score (nSPS) is 19.2. The van der Waals surface area contributed by atoms with Gasteiger partial charge in [-0.1, -0.05) is 6.07 Å². The van der Waals surface area contributed by atoms with Crippen LogP contribution >= 0.6 is 0 Å². The van der Waals surface area contributed by atoms with Gasteiger partial charge in [-0.05, 0) is 31.4 Å². The minimum Gasteiger partial charge on any atom is -0.333 e. The van der Waals surface area contributed by atoms with Crippen LogP contribution in [-0.4, -0.2) is 54.0 Å². The smallest absolute Gasteiger partial charge is 0.275 e. The monoisotopic (exact) mass is 336 g/mol. The molecule has 124 valence electrons. The van der Waals surface area contributed by atoms with Crippen LogP contribution in [0.4, 0.5) is 0 Å². The van der Waals surface area contributed by atoms with Gasteiger partial charge in [0.05, 0.1) is 5.52 Å². The molecule has 0 aliphatic carbocycles. The molecule has 23 heavy (non-hydrogen) atoms. The molecule has 0 spiro atoms. The zero-order chi connectivity index (χ0) is 16.6. The maximum absolute atomic E-state index is 12.9. The average molecular weight is 336 g/mol. The molecule has 2 N–H and O–H groups in total. The van der Waals surface area contributed by atoms with Crippen molar-refractivity contribution < 1.29 is 13.2 Å². The molecule has 1 amide bonds. The average Bonchev–Trinajstić information content (AvgIpc) is 2.94. The zero-order valence-corrected chi connectivity index (χ0v) is 13.8. The molecule has 8 heteroatoms. The van der Waals surface area contributed by atoms with Crippen molar-refractivity contribution in [2.75, 3.05) is 19.3 Å². The summed E-state index contributed by atoms with van der Waals surface area (Å²) in [6, 6.07) is 5.16. The Labute approximate surface area is 135 Å². The third kappa shape index (κ3) is 2.84. The molecule has 3 rings (SSSR count). The molecule has 1 aliphatic heterocycles. The van der Waals surface area contributed by atoms with Gasteiger partial charge < -0.3 is 10.6 Å². The second kappa shape index (κ2) is 5.93. The van der Waals surface area contributed by atoms with Crippen LogP contribution in [0.15, 0.2) is 29.6 Å². The van der Waals surface area contributed by atoms with E-state index in [0.717, 1.165) is 25.5 Å². The molecule has 7 nitrogen and oxygen atoms in total. The van der Waals surface area contributed by atoms with Crippen LogP contribution < -0.4 is 5.73 Å². The van der Waals surface area contributed by atoms with Crippen molar-refractivity contribution in [3.05, 3.63) is 30.1 Å². The highest BCUT2D eigenvalue weighted by atomic mass is 32.2. The third-order valence-corrected chi connectivity index (χ3v) is 5.16. The lowest BCUT2D eigenvalue weighted by molar-refractivity contribution is 0.0619.